The molecule has 7 heteroatoms. The maximum Gasteiger partial charge on any atom is 0.180 e. The molecule has 0 spiro atoms. The summed E-state index contributed by atoms with van der Waals surface area (Å²) in [5.41, 5.74) is 1.66. The second-order valence-electron chi connectivity index (χ2n) is 6.71. The van der Waals surface area contributed by atoms with Crippen LogP contribution in [0.2, 0.25) is 5.02 Å². The highest BCUT2D eigenvalue weighted by atomic mass is 35.5. The Morgan fingerprint density at radius 2 is 2.00 bits per heavy atom. The molecule has 130 valence electrons. The van der Waals surface area contributed by atoms with E-state index >= 15 is 0 Å². The second-order valence-corrected chi connectivity index (χ2v) is 7.14. The molecule has 1 saturated heterocycles. The second kappa shape index (κ2) is 6.28. The van der Waals surface area contributed by atoms with E-state index in [1.54, 1.807) is 6.20 Å². The summed E-state index contributed by atoms with van der Waals surface area (Å²) in [6.45, 7) is 7.55. The largest absolute Gasteiger partial charge is 0.351 e. The zero-order valence-corrected chi connectivity index (χ0v) is 15.3. The van der Waals surface area contributed by atoms with Gasteiger partial charge >= 0.3 is 0 Å². The number of anilines is 1. The first kappa shape index (κ1) is 16.3. The predicted octanol–water partition coefficient (Wildman–Crippen LogP) is 3.02. The zero-order chi connectivity index (χ0) is 17.6. The summed E-state index contributed by atoms with van der Waals surface area (Å²) in [5.74, 6) is 1.59. The molecular formula is C18H21ClN6. The Labute approximate surface area is 151 Å². The molecule has 3 aromatic heterocycles. The maximum atomic E-state index is 6.13. The highest BCUT2D eigenvalue weighted by molar-refractivity contribution is 6.30. The van der Waals surface area contributed by atoms with Crippen molar-refractivity contribution in [1.29, 1.82) is 0 Å². The first-order valence-corrected chi connectivity index (χ1v) is 8.89. The Morgan fingerprint density at radius 1 is 1.16 bits per heavy atom. The molecule has 25 heavy (non-hydrogen) atoms. The van der Waals surface area contributed by atoms with Gasteiger partial charge in [-0.3, -0.25) is 4.40 Å². The van der Waals surface area contributed by atoms with Gasteiger partial charge in [-0.2, -0.15) is 0 Å². The van der Waals surface area contributed by atoms with Crippen molar-refractivity contribution in [3.8, 4) is 11.5 Å². The fourth-order valence-electron chi connectivity index (χ4n) is 3.43. The van der Waals surface area contributed by atoms with Crippen LogP contribution in [-0.4, -0.2) is 44.0 Å². The molecule has 6 nitrogen and oxygen atoms in total. The van der Waals surface area contributed by atoms with Crippen molar-refractivity contribution in [3.63, 3.8) is 0 Å². The summed E-state index contributed by atoms with van der Waals surface area (Å²) >= 11 is 6.13. The van der Waals surface area contributed by atoms with Crippen LogP contribution in [0.25, 0.3) is 17.2 Å². The lowest BCUT2D eigenvalue weighted by Crippen LogP contribution is -2.59. The van der Waals surface area contributed by atoms with Crippen LogP contribution < -0.4 is 10.2 Å². The molecule has 1 aliphatic rings. The van der Waals surface area contributed by atoms with E-state index in [9.17, 15) is 0 Å². The number of hydrogen-bond acceptors (Lipinski definition) is 5. The highest BCUT2D eigenvalue weighted by Gasteiger charge is 2.29. The molecule has 1 N–H and O–H groups in total. The number of piperazine rings is 1. The van der Waals surface area contributed by atoms with Crippen molar-refractivity contribution in [1.82, 2.24) is 24.7 Å². The fraction of sp³-hybridized carbons (Fsp3) is 0.389. The van der Waals surface area contributed by atoms with E-state index < -0.39 is 0 Å². The third-order valence-electron chi connectivity index (χ3n) is 4.87. The van der Waals surface area contributed by atoms with Crippen molar-refractivity contribution in [2.24, 2.45) is 0 Å². The van der Waals surface area contributed by atoms with Gasteiger partial charge in [0.2, 0.25) is 0 Å². The molecule has 3 aromatic rings. The molecule has 4 heterocycles. The average Bonchev–Trinajstić information content (AvgIpc) is 3.01. The van der Waals surface area contributed by atoms with E-state index in [4.69, 9.17) is 16.6 Å². The van der Waals surface area contributed by atoms with E-state index in [1.165, 1.54) is 0 Å². The van der Waals surface area contributed by atoms with Crippen molar-refractivity contribution in [3.05, 3.63) is 41.8 Å². The maximum absolute atomic E-state index is 6.13. The summed E-state index contributed by atoms with van der Waals surface area (Å²) in [7, 11) is 0. The fourth-order valence-corrected chi connectivity index (χ4v) is 3.59. The van der Waals surface area contributed by atoms with Gasteiger partial charge in [-0.15, -0.1) is 0 Å². The molecule has 1 fully saturated rings. The van der Waals surface area contributed by atoms with Gasteiger partial charge in [-0.1, -0.05) is 11.6 Å². The van der Waals surface area contributed by atoms with Crippen molar-refractivity contribution < 1.29 is 0 Å². The van der Waals surface area contributed by atoms with Crippen LogP contribution in [0.5, 0.6) is 0 Å². The lowest BCUT2D eigenvalue weighted by molar-refractivity contribution is 0.344. The quantitative estimate of drug-likeness (QED) is 0.764. The number of pyridine rings is 1. The van der Waals surface area contributed by atoms with Gasteiger partial charge < -0.3 is 10.2 Å². The molecule has 0 saturated carbocycles. The molecule has 0 aromatic carbocycles. The van der Waals surface area contributed by atoms with Crippen LogP contribution in [0, 0.1) is 0 Å². The number of imidazole rings is 1. The van der Waals surface area contributed by atoms with Crippen LogP contribution in [0.15, 0.2) is 36.8 Å². The highest BCUT2D eigenvalue weighted by Crippen LogP contribution is 2.24. The van der Waals surface area contributed by atoms with Gasteiger partial charge in [0.15, 0.2) is 5.82 Å². The van der Waals surface area contributed by atoms with Crippen LogP contribution >= 0.6 is 11.6 Å². The molecule has 3 unspecified atom stereocenters. The van der Waals surface area contributed by atoms with E-state index in [1.807, 2.05) is 35.0 Å². The smallest absolute Gasteiger partial charge is 0.180 e. The Kier molecular flexibility index (Phi) is 4.09. The summed E-state index contributed by atoms with van der Waals surface area (Å²) in [5, 5.41) is 4.24. The summed E-state index contributed by atoms with van der Waals surface area (Å²) < 4.78 is 1.92. The van der Waals surface area contributed by atoms with Crippen LogP contribution in [0.1, 0.15) is 20.8 Å². The van der Waals surface area contributed by atoms with Crippen molar-refractivity contribution >= 4 is 23.1 Å². The summed E-state index contributed by atoms with van der Waals surface area (Å²) in [4.78, 5) is 16.0. The van der Waals surface area contributed by atoms with E-state index in [0.717, 1.165) is 23.7 Å². The number of halogens is 1. The number of hydrogen-bond donors (Lipinski definition) is 1. The van der Waals surface area contributed by atoms with Gasteiger partial charge in [0, 0.05) is 37.1 Å². The number of rotatable bonds is 2. The Bertz CT molecular complexity index is 907. The molecule has 1 aliphatic heterocycles. The van der Waals surface area contributed by atoms with Crippen LogP contribution in [-0.2, 0) is 0 Å². The third kappa shape index (κ3) is 2.96. The Morgan fingerprint density at radius 3 is 2.84 bits per heavy atom. The van der Waals surface area contributed by atoms with Crippen LogP contribution in [0.3, 0.4) is 0 Å². The molecule has 0 aliphatic carbocycles. The van der Waals surface area contributed by atoms with Gasteiger partial charge in [-0.05, 0) is 39.0 Å². The summed E-state index contributed by atoms with van der Waals surface area (Å²) in [6, 6.07) is 6.86. The Balaban J connectivity index is 1.75. The molecule has 0 bridgehead atoms. The molecule has 0 amide bonds. The summed E-state index contributed by atoms with van der Waals surface area (Å²) in [6.07, 6.45) is 5.44. The molecule has 3 atom stereocenters. The number of fused-ring (bicyclic) bond motifs is 1. The van der Waals surface area contributed by atoms with E-state index in [0.29, 0.717) is 29.0 Å². The van der Waals surface area contributed by atoms with Crippen molar-refractivity contribution in [2.45, 2.75) is 38.9 Å². The molecule has 4 rings (SSSR count). The standard InChI is InChI=1S/C18H21ClN6/c1-11-9-24(13(3)12(2)22-11)17-6-7-20-18(23-17)15-8-21-16-5-4-14(19)10-25(15)16/h4-8,10-13,22H,9H2,1-3H3. The molecular weight excluding hydrogens is 336 g/mol. The lowest BCUT2D eigenvalue weighted by atomic mass is 10.0. The number of aromatic nitrogens is 4. The van der Waals surface area contributed by atoms with Gasteiger partial charge in [0.25, 0.3) is 0 Å². The van der Waals surface area contributed by atoms with Gasteiger partial charge in [-0.25, -0.2) is 15.0 Å². The zero-order valence-electron chi connectivity index (χ0n) is 14.5. The third-order valence-corrected chi connectivity index (χ3v) is 5.09. The van der Waals surface area contributed by atoms with Gasteiger partial charge in [0.05, 0.1) is 11.2 Å². The monoisotopic (exact) mass is 356 g/mol. The normalized spacial score (nSPS) is 24.0. The van der Waals surface area contributed by atoms with Gasteiger partial charge in [0.1, 0.15) is 17.2 Å². The average molecular weight is 357 g/mol. The number of nitrogens with one attached hydrogen (secondary N) is 1. The lowest BCUT2D eigenvalue weighted by Gasteiger charge is -2.42. The van der Waals surface area contributed by atoms with E-state index in [2.05, 4.69) is 41.0 Å². The minimum atomic E-state index is 0.357. The minimum Gasteiger partial charge on any atom is -0.351 e. The Hall–Kier alpha value is -2.18. The number of nitrogens with zero attached hydrogens (tertiary/aromatic N) is 5. The first-order valence-electron chi connectivity index (χ1n) is 8.51. The van der Waals surface area contributed by atoms with Crippen molar-refractivity contribution in [2.75, 3.05) is 11.4 Å². The van der Waals surface area contributed by atoms with Crippen LogP contribution in [0.4, 0.5) is 5.82 Å². The first-order chi connectivity index (χ1) is 12.0. The topological polar surface area (TPSA) is 58.4 Å². The predicted molar refractivity (Wildman–Crippen MR) is 100 cm³/mol. The SMILES string of the molecule is CC1CN(c2ccnc(-c3cnc4ccc(Cl)cn34)n2)C(C)C(C)N1. The molecule has 0 radical (unpaired) electrons. The van der Waals surface area contributed by atoms with E-state index in [-0.39, 0.29) is 0 Å². The minimum absolute atomic E-state index is 0.357.